The fourth-order valence-electron chi connectivity index (χ4n) is 6.35. The number of nitrogens with zero attached hydrogens (tertiary/aromatic N) is 2. The molecular weight excluding hydrogens is 713 g/mol. The smallest absolute Gasteiger partial charge is 0.417 e. The molecule has 0 saturated carbocycles. The second-order valence-corrected chi connectivity index (χ2v) is 15.4. The first-order valence-corrected chi connectivity index (χ1v) is 18.3. The monoisotopic (exact) mass is 757 g/mol. The normalized spacial score (nSPS) is 14.8. The van der Waals surface area contributed by atoms with Gasteiger partial charge in [-0.1, -0.05) is 112 Å². The lowest BCUT2D eigenvalue weighted by molar-refractivity contribution is -0.130. The molecule has 9 nitrogen and oxygen atoms in total. The predicted molar refractivity (Wildman–Crippen MR) is 209 cm³/mol. The van der Waals surface area contributed by atoms with Gasteiger partial charge < -0.3 is 19.7 Å². The Balaban J connectivity index is 1.53. The van der Waals surface area contributed by atoms with E-state index in [1.165, 1.54) is 4.90 Å². The molecule has 4 aromatic carbocycles. The van der Waals surface area contributed by atoms with E-state index >= 15 is 0 Å². The van der Waals surface area contributed by atoms with Gasteiger partial charge in [0.05, 0.1) is 40.4 Å². The molecule has 2 atom stereocenters. The predicted octanol–water partition coefficient (Wildman–Crippen LogP) is 9.21. The van der Waals surface area contributed by atoms with E-state index in [-0.39, 0.29) is 40.5 Å². The van der Waals surface area contributed by atoms with Crippen LogP contribution in [0.3, 0.4) is 0 Å². The first kappa shape index (κ1) is 39.3. The van der Waals surface area contributed by atoms with E-state index in [0.717, 1.165) is 11.1 Å². The van der Waals surface area contributed by atoms with E-state index in [1.54, 1.807) is 54.5 Å². The van der Waals surface area contributed by atoms with Gasteiger partial charge in [0.2, 0.25) is 11.8 Å². The summed E-state index contributed by atoms with van der Waals surface area (Å²) < 4.78 is 11.2. The number of methoxy groups -OCH3 is 1. The fraction of sp³-hybridized carbons (Fsp3) is 0.333. The van der Waals surface area contributed by atoms with E-state index in [9.17, 15) is 19.2 Å². The van der Waals surface area contributed by atoms with Crippen molar-refractivity contribution in [3.63, 3.8) is 0 Å². The summed E-state index contributed by atoms with van der Waals surface area (Å²) >= 11 is 12.5. The molecule has 1 unspecified atom stereocenters. The van der Waals surface area contributed by atoms with Gasteiger partial charge in [0.15, 0.2) is 0 Å². The molecule has 4 aromatic rings. The Hall–Kier alpha value is -4.86. The minimum absolute atomic E-state index is 0.0755. The van der Waals surface area contributed by atoms with Crippen LogP contribution in [0.4, 0.5) is 16.2 Å². The van der Waals surface area contributed by atoms with Gasteiger partial charge in [-0.05, 0) is 71.8 Å². The molecule has 1 heterocycles. The second-order valence-electron chi connectivity index (χ2n) is 14.6. The van der Waals surface area contributed by atoms with Crippen molar-refractivity contribution in [2.75, 3.05) is 30.5 Å². The fourth-order valence-corrected chi connectivity index (χ4v) is 6.92. The molecule has 1 N–H and O–H groups in total. The number of cyclic esters (lactones) is 1. The average Bonchev–Trinajstić information content (AvgIpc) is 3.48. The molecular formula is C42H45Cl2N3O6. The van der Waals surface area contributed by atoms with Crippen LogP contribution < -0.4 is 15.0 Å². The topological polar surface area (TPSA) is 105 Å². The Labute approximate surface area is 321 Å². The largest absolute Gasteiger partial charge is 0.495 e. The van der Waals surface area contributed by atoms with Crippen molar-refractivity contribution in [1.82, 2.24) is 4.90 Å². The van der Waals surface area contributed by atoms with Crippen LogP contribution in [-0.2, 0) is 27.2 Å². The van der Waals surface area contributed by atoms with E-state index in [2.05, 4.69) is 5.32 Å². The number of imide groups is 1. The van der Waals surface area contributed by atoms with Gasteiger partial charge in [-0.2, -0.15) is 0 Å². The maximum absolute atomic E-state index is 14.7. The number of rotatable bonds is 12. The summed E-state index contributed by atoms with van der Waals surface area (Å²) in [6.45, 7) is 10.2. The number of hydrogen-bond donors (Lipinski definition) is 1. The number of anilines is 2. The minimum atomic E-state index is -0.850. The van der Waals surface area contributed by atoms with Crippen molar-refractivity contribution < 1.29 is 28.7 Å². The quantitative estimate of drug-likeness (QED) is 0.155. The van der Waals surface area contributed by atoms with Crippen LogP contribution in [0, 0.1) is 11.3 Å². The van der Waals surface area contributed by atoms with Crippen LogP contribution in [0.2, 0.25) is 10.0 Å². The zero-order valence-corrected chi connectivity index (χ0v) is 32.3. The van der Waals surface area contributed by atoms with Crippen LogP contribution in [0.1, 0.15) is 67.6 Å². The summed E-state index contributed by atoms with van der Waals surface area (Å²) in [5.74, 6) is -1.20. The molecule has 1 aliphatic heterocycles. The number of hydrogen-bond acceptors (Lipinski definition) is 6. The van der Waals surface area contributed by atoms with Gasteiger partial charge in [0.1, 0.15) is 12.4 Å². The third kappa shape index (κ3) is 9.39. The molecule has 0 aliphatic carbocycles. The van der Waals surface area contributed by atoms with E-state index < -0.39 is 35.3 Å². The van der Waals surface area contributed by atoms with Gasteiger partial charge in [-0.3, -0.25) is 14.4 Å². The lowest BCUT2D eigenvalue weighted by Crippen LogP contribution is -2.43. The van der Waals surface area contributed by atoms with Crippen molar-refractivity contribution in [2.24, 2.45) is 11.3 Å². The number of ether oxygens (including phenoxy) is 2. The van der Waals surface area contributed by atoms with Gasteiger partial charge in [-0.25, -0.2) is 9.69 Å². The van der Waals surface area contributed by atoms with Gasteiger partial charge >= 0.3 is 6.09 Å². The maximum Gasteiger partial charge on any atom is 0.417 e. The molecule has 278 valence electrons. The van der Waals surface area contributed by atoms with Crippen LogP contribution in [0.5, 0.6) is 5.75 Å². The minimum Gasteiger partial charge on any atom is -0.495 e. The van der Waals surface area contributed by atoms with Gasteiger partial charge in [0.25, 0.3) is 5.91 Å². The summed E-state index contributed by atoms with van der Waals surface area (Å²) in [6.07, 6.45) is -0.0605. The zero-order valence-electron chi connectivity index (χ0n) is 30.8. The Morgan fingerprint density at radius 1 is 0.925 bits per heavy atom. The van der Waals surface area contributed by atoms with Crippen molar-refractivity contribution in [1.29, 1.82) is 0 Å². The molecule has 1 saturated heterocycles. The van der Waals surface area contributed by atoms with Crippen molar-refractivity contribution in [2.45, 2.75) is 59.4 Å². The number of carbonyl (C=O) groups is 4. The Bertz CT molecular complexity index is 1940. The number of nitrogens with one attached hydrogen (secondary N) is 1. The number of amides is 4. The molecule has 0 radical (unpaired) electrons. The second kappa shape index (κ2) is 16.9. The number of carbonyl (C=O) groups excluding carboxylic acids is 4. The van der Waals surface area contributed by atoms with Gasteiger partial charge in [0, 0.05) is 17.6 Å². The summed E-state index contributed by atoms with van der Waals surface area (Å²) in [5, 5.41) is 3.29. The summed E-state index contributed by atoms with van der Waals surface area (Å²) in [5.41, 5.74) is 2.86. The number of benzene rings is 4. The summed E-state index contributed by atoms with van der Waals surface area (Å²) in [4.78, 5) is 57.9. The average molecular weight is 759 g/mol. The maximum atomic E-state index is 14.7. The van der Waals surface area contributed by atoms with Crippen LogP contribution in [-0.4, -0.2) is 55.0 Å². The third-order valence-corrected chi connectivity index (χ3v) is 9.61. The molecule has 4 amide bonds. The Morgan fingerprint density at radius 2 is 1.58 bits per heavy atom. The molecule has 1 fully saturated rings. The molecule has 0 spiro atoms. The highest BCUT2D eigenvalue weighted by atomic mass is 35.5. The Kier molecular flexibility index (Phi) is 12.5. The highest BCUT2D eigenvalue weighted by molar-refractivity contribution is 6.40. The molecule has 0 bridgehead atoms. The molecule has 53 heavy (non-hydrogen) atoms. The molecule has 1 aliphatic rings. The van der Waals surface area contributed by atoms with Gasteiger partial charge in [-0.15, -0.1) is 0 Å². The standard InChI is InChI=1S/C42H45Cl2N3O6/c1-26(2)24-46(40(50)42(3,4)5)35-23-29(17-20-36(35)52-6)32(39(49)47-31(25-53-41(47)51)21-27-11-8-7-9-12-27)22-28-15-18-30(19-16-28)45-38(48)37-33(43)13-10-14-34(37)44/h7-20,23,26,31-32H,21-22,24-25H2,1-6H3,(H,45,48)/t31?,32-/m0/s1. The lowest BCUT2D eigenvalue weighted by Gasteiger charge is -2.33. The highest BCUT2D eigenvalue weighted by Gasteiger charge is 2.42. The van der Waals surface area contributed by atoms with Crippen LogP contribution >= 0.6 is 23.2 Å². The number of halogens is 2. The summed E-state index contributed by atoms with van der Waals surface area (Å²) in [7, 11) is 1.55. The van der Waals surface area contributed by atoms with E-state index in [0.29, 0.717) is 35.7 Å². The van der Waals surface area contributed by atoms with Crippen molar-refractivity contribution in [3.05, 3.63) is 123 Å². The van der Waals surface area contributed by atoms with Crippen LogP contribution in [0.25, 0.3) is 0 Å². The van der Waals surface area contributed by atoms with Crippen LogP contribution in [0.15, 0.2) is 91.0 Å². The first-order valence-electron chi connectivity index (χ1n) is 17.6. The van der Waals surface area contributed by atoms with Crippen molar-refractivity contribution in [3.8, 4) is 5.75 Å². The molecule has 11 heteroatoms. The lowest BCUT2D eigenvalue weighted by atomic mass is 9.88. The SMILES string of the molecule is COc1ccc([C@H](Cc2ccc(NC(=O)c3c(Cl)cccc3Cl)cc2)C(=O)N2C(=O)OCC2Cc2ccccc2)cc1N(CC(C)C)C(=O)C(C)(C)C. The molecule has 0 aromatic heterocycles. The first-order chi connectivity index (χ1) is 25.2. The Morgan fingerprint density at radius 3 is 2.19 bits per heavy atom. The summed E-state index contributed by atoms with van der Waals surface area (Å²) in [6, 6.07) is 26.5. The molecule has 5 rings (SSSR count). The van der Waals surface area contributed by atoms with Crippen molar-refractivity contribution >= 4 is 58.4 Å². The van der Waals surface area contributed by atoms with E-state index in [4.69, 9.17) is 32.7 Å². The third-order valence-electron chi connectivity index (χ3n) is 8.98. The zero-order chi connectivity index (χ0) is 38.4. The highest BCUT2D eigenvalue weighted by Crippen LogP contribution is 2.37. The van der Waals surface area contributed by atoms with E-state index in [1.807, 2.05) is 83.1 Å².